The van der Waals surface area contributed by atoms with Gasteiger partial charge in [0, 0.05) is 78.8 Å². The van der Waals surface area contributed by atoms with E-state index in [-0.39, 0.29) is 29.8 Å². The molecule has 7 rings (SSSR count). The molecule has 3 N–H and O–H groups in total. The van der Waals surface area contributed by atoms with Gasteiger partial charge in [0.25, 0.3) is 17.7 Å². The van der Waals surface area contributed by atoms with E-state index in [0.29, 0.717) is 40.4 Å². The van der Waals surface area contributed by atoms with Gasteiger partial charge >= 0.3 is 5.97 Å². The number of benzene rings is 4. The number of hydrogen-bond donors (Lipinski definition) is 3. The van der Waals surface area contributed by atoms with E-state index in [1.807, 2.05) is 86.3 Å². The first-order chi connectivity index (χ1) is 27.9. The average Bonchev–Trinajstić information content (AvgIpc) is 3.79. The molecule has 0 bridgehead atoms. The molecule has 1 fully saturated rings. The molecule has 294 valence electrons. The minimum atomic E-state index is -1.08. The number of aromatic carboxylic acids is 1. The molecule has 4 aromatic carbocycles. The predicted molar refractivity (Wildman–Crippen MR) is 221 cm³/mol. The van der Waals surface area contributed by atoms with Gasteiger partial charge in [-0.1, -0.05) is 59.7 Å². The molecule has 3 heterocycles. The van der Waals surface area contributed by atoms with Gasteiger partial charge in [-0.15, -0.1) is 0 Å². The molecule has 12 nitrogen and oxygen atoms in total. The Hall–Kier alpha value is -7.08. The second kappa shape index (κ2) is 18.7. The van der Waals surface area contributed by atoms with E-state index in [1.54, 1.807) is 49.9 Å². The zero-order valence-electron chi connectivity index (χ0n) is 33.0. The summed E-state index contributed by atoms with van der Waals surface area (Å²) in [6, 6.07) is 25.8. The van der Waals surface area contributed by atoms with Crippen molar-refractivity contribution >= 4 is 23.7 Å². The summed E-state index contributed by atoms with van der Waals surface area (Å²) in [5.41, 5.74) is 8.58. The number of hydrogen-bond acceptors (Lipinski definition) is 8. The lowest BCUT2D eigenvalue weighted by atomic mass is 9.98. The van der Waals surface area contributed by atoms with Crippen molar-refractivity contribution in [1.82, 2.24) is 35.5 Å². The topological polar surface area (TPSA) is 167 Å². The highest BCUT2D eigenvalue weighted by Gasteiger charge is 2.22. The van der Waals surface area contributed by atoms with Crippen LogP contribution in [0.2, 0.25) is 0 Å². The number of nitrogens with zero attached hydrogens (tertiary/aromatic N) is 5. The summed E-state index contributed by atoms with van der Waals surface area (Å²) >= 11 is 0. The van der Waals surface area contributed by atoms with Crippen LogP contribution >= 0.6 is 0 Å². The van der Waals surface area contributed by atoms with Crippen molar-refractivity contribution in [3.05, 3.63) is 166 Å². The lowest BCUT2D eigenvalue weighted by Gasteiger charge is -2.17. The lowest BCUT2D eigenvalue weighted by molar-refractivity contribution is 0.0695. The smallest absolute Gasteiger partial charge is 0.335 e. The van der Waals surface area contributed by atoms with Crippen LogP contribution in [0.5, 0.6) is 0 Å². The SMILES string of the molecule is Cc1ccc(-c2cc(C(=O)NCc3cnc(C)nc3)cc(C(=O)N3CCCC3)c2)cc1.Cc1ccc(-c2cc(C(=O)O)cc(C(=O)NCc3cnc(C)nc3)c2)cc1. The summed E-state index contributed by atoms with van der Waals surface area (Å²) in [4.78, 5) is 68.4. The largest absolute Gasteiger partial charge is 0.478 e. The van der Waals surface area contributed by atoms with E-state index < -0.39 is 5.97 Å². The van der Waals surface area contributed by atoms with Crippen molar-refractivity contribution in [3.8, 4) is 22.3 Å². The van der Waals surface area contributed by atoms with Gasteiger partial charge in [0.05, 0.1) is 5.56 Å². The lowest BCUT2D eigenvalue weighted by Crippen LogP contribution is -2.28. The van der Waals surface area contributed by atoms with Crippen molar-refractivity contribution in [1.29, 1.82) is 0 Å². The van der Waals surface area contributed by atoms with Crippen LogP contribution in [0.3, 0.4) is 0 Å². The first-order valence-electron chi connectivity index (χ1n) is 19.0. The number of carboxylic acids is 1. The molecule has 1 aliphatic heterocycles. The highest BCUT2D eigenvalue weighted by Crippen LogP contribution is 2.26. The summed E-state index contributed by atoms with van der Waals surface area (Å²) < 4.78 is 0. The number of amides is 3. The Labute approximate surface area is 337 Å². The molecule has 3 amide bonds. The van der Waals surface area contributed by atoms with Crippen molar-refractivity contribution < 1.29 is 24.3 Å². The second-order valence-corrected chi connectivity index (χ2v) is 14.3. The van der Waals surface area contributed by atoms with Crippen LogP contribution in [0.15, 0.2) is 110 Å². The number of carbonyl (C=O) groups is 4. The summed E-state index contributed by atoms with van der Waals surface area (Å²) in [6.07, 6.45) is 8.74. The molecule has 12 heteroatoms. The molecule has 58 heavy (non-hydrogen) atoms. The van der Waals surface area contributed by atoms with Gasteiger partial charge in [0.15, 0.2) is 0 Å². The summed E-state index contributed by atoms with van der Waals surface area (Å²) in [7, 11) is 0. The van der Waals surface area contributed by atoms with Crippen LogP contribution in [0.25, 0.3) is 22.3 Å². The second-order valence-electron chi connectivity index (χ2n) is 14.3. The average molecular weight is 776 g/mol. The molecule has 2 aromatic heterocycles. The van der Waals surface area contributed by atoms with Crippen molar-refractivity contribution in [2.45, 2.75) is 53.6 Å². The zero-order chi connectivity index (χ0) is 41.2. The van der Waals surface area contributed by atoms with Gasteiger partial charge in [-0.3, -0.25) is 14.4 Å². The van der Waals surface area contributed by atoms with Gasteiger partial charge in [0.2, 0.25) is 0 Å². The minimum Gasteiger partial charge on any atom is -0.478 e. The normalized spacial score (nSPS) is 12.0. The monoisotopic (exact) mass is 775 g/mol. The molecular weight excluding hydrogens is 731 g/mol. The van der Waals surface area contributed by atoms with Crippen LogP contribution in [-0.4, -0.2) is 66.7 Å². The highest BCUT2D eigenvalue weighted by molar-refractivity contribution is 6.02. The highest BCUT2D eigenvalue weighted by atomic mass is 16.4. The Morgan fingerprint density at radius 3 is 1.33 bits per heavy atom. The van der Waals surface area contributed by atoms with E-state index in [1.165, 1.54) is 6.07 Å². The van der Waals surface area contributed by atoms with Gasteiger partial charge in [-0.25, -0.2) is 24.7 Å². The van der Waals surface area contributed by atoms with E-state index >= 15 is 0 Å². The molecule has 0 spiro atoms. The molecule has 0 unspecified atom stereocenters. The van der Waals surface area contributed by atoms with Gasteiger partial charge in [-0.2, -0.15) is 0 Å². The van der Waals surface area contributed by atoms with Crippen molar-refractivity contribution in [2.75, 3.05) is 13.1 Å². The van der Waals surface area contributed by atoms with Crippen LogP contribution in [0, 0.1) is 27.7 Å². The molecule has 1 aliphatic rings. The van der Waals surface area contributed by atoms with Gasteiger partial charge in [0.1, 0.15) is 11.6 Å². The summed E-state index contributed by atoms with van der Waals surface area (Å²) in [6.45, 7) is 9.73. The first kappa shape index (κ1) is 40.6. The molecule has 1 saturated heterocycles. The van der Waals surface area contributed by atoms with Gasteiger partial charge in [-0.05, 0) is 99.2 Å². The van der Waals surface area contributed by atoms with Crippen LogP contribution in [-0.2, 0) is 13.1 Å². The predicted octanol–water partition coefficient (Wildman–Crippen LogP) is 7.32. The Morgan fingerprint density at radius 1 is 0.534 bits per heavy atom. The van der Waals surface area contributed by atoms with Crippen molar-refractivity contribution in [2.24, 2.45) is 0 Å². The minimum absolute atomic E-state index is 0.0209. The standard InChI is InChI=1S/C25H26N4O2.C21H19N3O3/c1-17-5-7-20(8-6-17)21-11-22(13-23(12-21)25(31)29-9-3-4-10-29)24(30)28-16-19-14-26-18(2)27-15-19;1-13-3-5-16(6-4-13)17-7-18(9-19(8-17)21(26)27)20(25)24-12-15-10-22-14(2)23-11-15/h5-8,11-15H,3-4,9-10,16H2,1-2H3,(H,28,30);3-11H,12H2,1-2H3,(H,24,25)(H,26,27). The molecular formula is C46H45N7O5. The third-order valence-electron chi connectivity index (χ3n) is 9.62. The Kier molecular flexibility index (Phi) is 13.1. The number of carboxylic acid groups (broad SMARTS) is 1. The fourth-order valence-electron chi connectivity index (χ4n) is 6.28. The summed E-state index contributed by atoms with van der Waals surface area (Å²) in [5, 5.41) is 15.1. The van der Waals surface area contributed by atoms with Gasteiger partial charge < -0.3 is 20.6 Å². The number of rotatable bonds is 10. The number of aryl methyl sites for hydroxylation is 4. The first-order valence-corrected chi connectivity index (χ1v) is 19.0. The number of likely N-dealkylation sites (tertiary alicyclic amines) is 1. The van der Waals surface area contributed by atoms with Crippen LogP contribution in [0.4, 0.5) is 0 Å². The van der Waals surface area contributed by atoms with E-state index in [9.17, 15) is 24.3 Å². The maximum atomic E-state index is 13.0. The van der Waals surface area contributed by atoms with E-state index in [4.69, 9.17) is 0 Å². The zero-order valence-corrected chi connectivity index (χ0v) is 33.0. The maximum absolute atomic E-state index is 13.0. The Morgan fingerprint density at radius 2 is 0.914 bits per heavy atom. The Bertz CT molecular complexity index is 2410. The number of carbonyl (C=O) groups excluding carboxylic acids is 3. The fraction of sp³-hybridized carbons (Fsp3) is 0.217. The molecule has 0 saturated carbocycles. The summed E-state index contributed by atoms with van der Waals surface area (Å²) in [5.74, 6) is -0.345. The van der Waals surface area contributed by atoms with Crippen LogP contribution in [0.1, 0.15) is 88.2 Å². The third kappa shape index (κ3) is 10.8. The molecule has 0 radical (unpaired) electrons. The van der Waals surface area contributed by atoms with E-state index in [2.05, 4.69) is 30.6 Å². The third-order valence-corrected chi connectivity index (χ3v) is 9.62. The maximum Gasteiger partial charge on any atom is 0.335 e. The van der Waals surface area contributed by atoms with Crippen LogP contribution < -0.4 is 10.6 Å². The van der Waals surface area contributed by atoms with E-state index in [0.717, 1.165) is 64.9 Å². The quantitative estimate of drug-likeness (QED) is 0.129. The fourth-order valence-corrected chi connectivity index (χ4v) is 6.28. The molecule has 0 atom stereocenters. The number of aromatic nitrogens is 4. The molecule has 0 aliphatic carbocycles. The van der Waals surface area contributed by atoms with Crippen molar-refractivity contribution in [3.63, 3.8) is 0 Å². The number of nitrogens with one attached hydrogen (secondary N) is 2. The molecule has 6 aromatic rings. The Balaban J connectivity index is 0.000000198.